The van der Waals surface area contributed by atoms with Crippen LogP contribution in [0.5, 0.6) is 0 Å². The first-order valence-corrected chi connectivity index (χ1v) is 7.60. The van der Waals surface area contributed by atoms with Crippen molar-refractivity contribution in [3.05, 3.63) is 11.4 Å². The van der Waals surface area contributed by atoms with Crippen LogP contribution in [0.2, 0.25) is 0 Å². The van der Waals surface area contributed by atoms with Crippen molar-refractivity contribution in [2.75, 3.05) is 30.8 Å². The maximum atomic E-state index is 11.6. The summed E-state index contributed by atoms with van der Waals surface area (Å²) in [4.78, 5) is 20.6. The van der Waals surface area contributed by atoms with Crippen molar-refractivity contribution in [2.24, 2.45) is 5.92 Å². The van der Waals surface area contributed by atoms with E-state index in [2.05, 4.69) is 39.8 Å². The molecule has 1 amide bonds. The van der Waals surface area contributed by atoms with Gasteiger partial charge in [-0.25, -0.2) is 9.97 Å². The van der Waals surface area contributed by atoms with E-state index in [1.54, 1.807) is 0 Å². The van der Waals surface area contributed by atoms with E-state index in [-0.39, 0.29) is 17.7 Å². The van der Waals surface area contributed by atoms with Gasteiger partial charge in [-0.3, -0.25) is 4.79 Å². The van der Waals surface area contributed by atoms with E-state index in [9.17, 15) is 4.79 Å². The fourth-order valence-electron chi connectivity index (χ4n) is 2.06. The lowest BCUT2D eigenvalue weighted by Gasteiger charge is -2.15. The lowest BCUT2D eigenvalue weighted by Crippen LogP contribution is -2.30. The molecule has 0 unspecified atom stereocenters. The number of carbonyl (C=O) groups is 1. The fraction of sp³-hybridized carbons (Fsp3) is 0.667. The van der Waals surface area contributed by atoms with Crippen LogP contribution in [0.25, 0.3) is 0 Å². The summed E-state index contributed by atoms with van der Waals surface area (Å²) >= 11 is 0. The molecule has 1 heterocycles. The summed E-state index contributed by atoms with van der Waals surface area (Å²) in [6.07, 6.45) is 2.07. The van der Waals surface area contributed by atoms with Gasteiger partial charge in [0.2, 0.25) is 5.91 Å². The Kier molecular flexibility index (Phi) is 4.98. The minimum absolute atomic E-state index is 0.176. The minimum atomic E-state index is 0.176. The third-order valence-electron chi connectivity index (χ3n) is 3.58. The number of amides is 1. The number of nitrogens with one attached hydrogen (secondary N) is 3. The largest absolute Gasteiger partial charge is 0.373 e. The summed E-state index contributed by atoms with van der Waals surface area (Å²) in [5.74, 6) is 3.20. The average molecular weight is 291 g/mol. The van der Waals surface area contributed by atoms with Crippen LogP contribution in [0.4, 0.5) is 11.6 Å². The molecule has 21 heavy (non-hydrogen) atoms. The van der Waals surface area contributed by atoms with Crippen LogP contribution in [0.15, 0.2) is 0 Å². The van der Waals surface area contributed by atoms with E-state index in [0.29, 0.717) is 13.1 Å². The number of anilines is 2. The molecular formula is C15H25N5O. The Labute approximate surface area is 126 Å². The quantitative estimate of drug-likeness (QED) is 0.669. The zero-order valence-corrected chi connectivity index (χ0v) is 13.3. The monoisotopic (exact) mass is 291 g/mol. The van der Waals surface area contributed by atoms with Crippen LogP contribution in [-0.2, 0) is 4.79 Å². The molecule has 116 valence electrons. The Balaban J connectivity index is 1.94. The smallest absolute Gasteiger partial charge is 0.223 e. The van der Waals surface area contributed by atoms with Crippen LogP contribution in [0.3, 0.4) is 0 Å². The first kappa shape index (κ1) is 15.5. The third-order valence-corrected chi connectivity index (χ3v) is 3.58. The third kappa shape index (κ3) is 4.06. The second-order valence-corrected chi connectivity index (χ2v) is 5.80. The molecule has 2 rings (SSSR count). The van der Waals surface area contributed by atoms with Crippen molar-refractivity contribution in [2.45, 2.75) is 39.5 Å². The van der Waals surface area contributed by atoms with Gasteiger partial charge >= 0.3 is 0 Å². The summed E-state index contributed by atoms with van der Waals surface area (Å²) in [7, 11) is 1.86. The summed E-state index contributed by atoms with van der Waals surface area (Å²) in [6, 6.07) is 0. The van der Waals surface area contributed by atoms with E-state index in [0.717, 1.165) is 35.9 Å². The zero-order chi connectivity index (χ0) is 15.4. The van der Waals surface area contributed by atoms with Gasteiger partial charge in [0.1, 0.15) is 17.5 Å². The predicted molar refractivity (Wildman–Crippen MR) is 84.6 cm³/mol. The predicted octanol–water partition coefficient (Wildman–Crippen LogP) is 1.89. The van der Waals surface area contributed by atoms with Gasteiger partial charge in [0.25, 0.3) is 0 Å². The Morgan fingerprint density at radius 2 is 1.90 bits per heavy atom. The molecule has 1 aromatic heterocycles. The second-order valence-electron chi connectivity index (χ2n) is 5.80. The summed E-state index contributed by atoms with van der Waals surface area (Å²) in [5.41, 5.74) is 0.996. The van der Waals surface area contributed by atoms with Crippen LogP contribution in [0, 0.1) is 12.8 Å². The van der Waals surface area contributed by atoms with Gasteiger partial charge in [-0.2, -0.15) is 0 Å². The molecule has 0 aliphatic heterocycles. The Hall–Kier alpha value is -1.85. The van der Waals surface area contributed by atoms with Gasteiger partial charge in [0.05, 0.1) is 0 Å². The number of nitrogens with zero attached hydrogens (tertiary/aromatic N) is 2. The molecule has 0 bridgehead atoms. The lowest BCUT2D eigenvalue weighted by molar-refractivity contribution is -0.122. The van der Waals surface area contributed by atoms with Crippen LogP contribution in [0.1, 0.15) is 44.0 Å². The molecule has 0 spiro atoms. The summed E-state index contributed by atoms with van der Waals surface area (Å²) < 4.78 is 0. The molecule has 1 aliphatic rings. The van der Waals surface area contributed by atoms with Crippen LogP contribution in [-0.4, -0.2) is 36.0 Å². The first-order chi connectivity index (χ1) is 10.0. The SMILES string of the molecule is CNc1nc(C(C)C)nc(NCCNC(=O)C2CC2)c1C. The highest BCUT2D eigenvalue weighted by Crippen LogP contribution is 2.28. The highest BCUT2D eigenvalue weighted by Gasteiger charge is 2.28. The number of rotatable bonds is 7. The van der Waals surface area contributed by atoms with Gasteiger partial charge in [-0.1, -0.05) is 13.8 Å². The van der Waals surface area contributed by atoms with E-state index in [4.69, 9.17) is 0 Å². The van der Waals surface area contributed by atoms with Crippen molar-refractivity contribution in [3.8, 4) is 0 Å². The van der Waals surface area contributed by atoms with E-state index < -0.39 is 0 Å². The lowest BCUT2D eigenvalue weighted by atomic mass is 10.2. The summed E-state index contributed by atoms with van der Waals surface area (Å²) in [6.45, 7) is 7.41. The average Bonchev–Trinajstić information content (AvgIpc) is 3.29. The molecule has 6 heteroatoms. The number of hydrogen-bond acceptors (Lipinski definition) is 5. The Morgan fingerprint density at radius 3 is 2.48 bits per heavy atom. The molecule has 1 saturated carbocycles. The highest BCUT2D eigenvalue weighted by molar-refractivity contribution is 5.80. The Morgan fingerprint density at radius 1 is 1.24 bits per heavy atom. The van der Waals surface area contributed by atoms with Gasteiger partial charge in [0.15, 0.2) is 0 Å². The number of aromatic nitrogens is 2. The minimum Gasteiger partial charge on any atom is -0.373 e. The summed E-state index contributed by atoms with van der Waals surface area (Å²) in [5, 5.41) is 9.33. The van der Waals surface area contributed by atoms with Crippen molar-refractivity contribution in [3.63, 3.8) is 0 Å². The molecule has 0 saturated heterocycles. The van der Waals surface area contributed by atoms with Crippen LogP contribution >= 0.6 is 0 Å². The van der Waals surface area contributed by atoms with Crippen LogP contribution < -0.4 is 16.0 Å². The van der Waals surface area contributed by atoms with Gasteiger partial charge < -0.3 is 16.0 Å². The first-order valence-electron chi connectivity index (χ1n) is 7.60. The Bertz CT molecular complexity index is 511. The number of carbonyl (C=O) groups excluding carboxylic acids is 1. The van der Waals surface area contributed by atoms with E-state index in [1.165, 1.54) is 0 Å². The molecular weight excluding hydrogens is 266 g/mol. The van der Waals surface area contributed by atoms with Crippen molar-refractivity contribution >= 4 is 17.5 Å². The maximum absolute atomic E-state index is 11.6. The van der Waals surface area contributed by atoms with Crippen molar-refractivity contribution in [1.29, 1.82) is 0 Å². The molecule has 0 radical (unpaired) electrons. The van der Waals surface area contributed by atoms with Crippen molar-refractivity contribution in [1.82, 2.24) is 15.3 Å². The molecule has 3 N–H and O–H groups in total. The maximum Gasteiger partial charge on any atom is 0.223 e. The fourth-order valence-corrected chi connectivity index (χ4v) is 2.06. The van der Waals surface area contributed by atoms with E-state index >= 15 is 0 Å². The van der Waals surface area contributed by atoms with E-state index in [1.807, 2.05) is 14.0 Å². The highest BCUT2D eigenvalue weighted by atomic mass is 16.2. The van der Waals surface area contributed by atoms with Crippen molar-refractivity contribution < 1.29 is 4.79 Å². The molecule has 0 aromatic carbocycles. The second kappa shape index (κ2) is 6.74. The van der Waals surface area contributed by atoms with Gasteiger partial charge in [0, 0.05) is 37.5 Å². The topological polar surface area (TPSA) is 78.9 Å². The molecule has 1 fully saturated rings. The normalized spacial score (nSPS) is 14.1. The molecule has 1 aliphatic carbocycles. The zero-order valence-electron chi connectivity index (χ0n) is 13.3. The van der Waals surface area contributed by atoms with Gasteiger partial charge in [-0.05, 0) is 19.8 Å². The standard InChI is InChI=1S/C15H25N5O/c1-9(2)12-19-13(16-4)10(3)14(20-12)17-7-8-18-15(21)11-5-6-11/h9,11H,5-8H2,1-4H3,(H,18,21)(H2,16,17,19,20). The number of hydrogen-bond donors (Lipinski definition) is 3. The molecule has 0 atom stereocenters. The molecule has 1 aromatic rings. The van der Waals surface area contributed by atoms with Gasteiger partial charge in [-0.15, -0.1) is 0 Å². The molecule has 6 nitrogen and oxygen atoms in total.